The van der Waals surface area contributed by atoms with Crippen molar-refractivity contribution in [2.24, 2.45) is 0 Å². The maximum atomic E-state index is 12.1. The van der Waals surface area contributed by atoms with Gasteiger partial charge >= 0.3 is 0 Å². The van der Waals surface area contributed by atoms with Crippen LogP contribution in [-0.2, 0) is 4.79 Å². The third-order valence-corrected chi connectivity index (χ3v) is 4.17. The normalized spacial score (nSPS) is 17.2. The zero-order chi connectivity index (χ0) is 16.2. The number of benzene rings is 1. The molecule has 23 heavy (non-hydrogen) atoms. The molecule has 0 unspecified atom stereocenters. The van der Waals surface area contributed by atoms with Gasteiger partial charge in [-0.1, -0.05) is 0 Å². The lowest BCUT2D eigenvalue weighted by atomic mass is 10.2. The van der Waals surface area contributed by atoms with Crippen molar-refractivity contribution in [3.05, 3.63) is 23.8 Å². The molecule has 2 aliphatic rings. The van der Waals surface area contributed by atoms with Crippen molar-refractivity contribution in [3.63, 3.8) is 0 Å². The first-order chi connectivity index (χ1) is 11.1. The Kier molecular flexibility index (Phi) is 4.66. The fraction of sp³-hybridized carbons (Fsp3) is 0.500. The Morgan fingerprint density at radius 1 is 1.13 bits per heavy atom. The first-order valence-electron chi connectivity index (χ1n) is 7.79. The third kappa shape index (κ3) is 3.73. The standard InChI is InChI=1S/C16H21N3O4/c1-12(20)19-8-6-18(7-9-19)5-4-17-16(21)13-2-3-14-15(10-13)23-11-22-14/h2-3,10H,4-9,11H2,1H3,(H,17,21). The van der Waals surface area contributed by atoms with E-state index in [1.54, 1.807) is 25.1 Å². The number of carbonyl (C=O) groups excluding carboxylic acids is 2. The van der Waals surface area contributed by atoms with E-state index in [2.05, 4.69) is 10.2 Å². The minimum absolute atomic E-state index is 0.120. The Hall–Kier alpha value is -2.28. The number of hydrogen-bond acceptors (Lipinski definition) is 5. The number of nitrogens with one attached hydrogen (secondary N) is 1. The van der Waals surface area contributed by atoms with Crippen molar-refractivity contribution in [3.8, 4) is 11.5 Å². The maximum absolute atomic E-state index is 12.1. The molecule has 0 saturated carbocycles. The maximum Gasteiger partial charge on any atom is 0.251 e. The number of nitrogens with zero attached hydrogens (tertiary/aromatic N) is 2. The van der Waals surface area contributed by atoms with E-state index in [9.17, 15) is 9.59 Å². The highest BCUT2D eigenvalue weighted by Crippen LogP contribution is 2.32. The van der Waals surface area contributed by atoms with E-state index in [0.29, 0.717) is 23.6 Å². The summed E-state index contributed by atoms with van der Waals surface area (Å²) >= 11 is 0. The predicted octanol–water partition coefficient (Wildman–Crippen LogP) is 0.309. The molecule has 0 bridgehead atoms. The summed E-state index contributed by atoms with van der Waals surface area (Å²) in [6.07, 6.45) is 0. The zero-order valence-electron chi connectivity index (χ0n) is 13.2. The van der Waals surface area contributed by atoms with Crippen LogP contribution in [0.1, 0.15) is 17.3 Å². The van der Waals surface area contributed by atoms with Crippen LogP contribution in [0, 0.1) is 0 Å². The second-order valence-electron chi connectivity index (χ2n) is 5.67. The molecule has 0 aromatic heterocycles. The summed E-state index contributed by atoms with van der Waals surface area (Å²) in [6, 6.07) is 5.18. The average molecular weight is 319 g/mol. The van der Waals surface area contributed by atoms with Gasteiger partial charge in [-0.3, -0.25) is 14.5 Å². The van der Waals surface area contributed by atoms with Crippen LogP contribution >= 0.6 is 0 Å². The van der Waals surface area contributed by atoms with Crippen molar-refractivity contribution < 1.29 is 19.1 Å². The van der Waals surface area contributed by atoms with Gasteiger partial charge < -0.3 is 19.7 Å². The SMILES string of the molecule is CC(=O)N1CCN(CCNC(=O)c2ccc3c(c2)OCO3)CC1. The van der Waals surface area contributed by atoms with Gasteiger partial charge in [-0.05, 0) is 18.2 Å². The Labute approximate surface area is 135 Å². The lowest BCUT2D eigenvalue weighted by molar-refractivity contribution is -0.130. The van der Waals surface area contributed by atoms with Crippen LogP contribution in [0.15, 0.2) is 18.2 Å². The molecule has 1 saturated heterocycles. The van der Waals surface area contributed by atoms with Crippen molar-refractivity contribution in [2.75, 3.05) is 46.1 Å². The molecule has 124 valence electrons. The van der Waals surface area contributed by atoms with Gasteiger partial charge in [-0.25, -0.2) is 0 Å². The molecule has 1 fully saturated rings. The number of rotatable bonds is 4. The number of ether oxygens (including phenoxy) is 2. The second kappa shape index (κ2) is 6.87. The Morgan fingerprint density at radius 2 is 1.87 bits per heavy atom. The number of fused-ring (bicyclic) bond motifs is 1. The van der Waals surface area contributed by atoms with E-state index in [-0.39, 0.29) is 18.6 Å². The van der Waals surface area contributed by atoms with E-state index >= 15 is 0 Å². The first-order valence-corrected chi connectivity index (χ1v) is 7.79. The van der Waals surface area contributed by atoms with Crippen molar-refractivity contribution in [2.45, 2.75) is 6.92 Å². The van der Waals surface area contributed by atoms with E-state index in [4.69, 9.17) is 9.47 Å². The molecule has 1 aromatic carbocycles. The van der Waals surface area contributed by atoms with Crippen LogP contribution in [0.4, 0.5) is 0 Å². The van der Waals surface area contributed by atoms with Crippen LogP contribution in [0.2, 0.25) is 0 Å². The van der Waals surface area contributed by atoms with Gasteiger partial charge in [0, 0.05) is 51.8 Å². The molecule has 3 rings (SSSR count). The average Bonchev–Trinajstić information content (AvgIpc) is 3.02. The molecule has 0 radical (unpaired) electrons. The highest BCUT2D eigenvalue weighted by Gasteiger charge is 2.19. The lowest BCUT2D eigenvalue weighted by Crippen LogP contribution is -2.49. The predicted molar refractivity (Wildman–Crippen MR) is 83.6 cm³/mol. The molecule has 2 amide bonds. The highest BCUT2D eigenvalue weighted by molar-refractivity contribution is 5.94. The van der Waals surface area contributed by atoms with Crippen molar-refractivity contribution >= 4 is 11.8 Å². The zero-order valence-corrected chi connectivity index (χ0v) is 13.2. The van der Waals surface area contributed by atoms with Gasteiger partial charge in [0.2, 0.25) is 12.7 Å². The number of amides is 2. The molecular weight excluding hydrogens is 298 g/mol. The van der Waals surface area contributed by atoms with Crippen molar-refractivity contribution in [1.82, 2.24) is 15.1 Å². The summed E-state index contributed by atoms with van der Waals surface area (Å²) in [7, 11) is 0. The summed E-state index contributed by atoms with van der Waals surface area (Å²) in [6.45, 7) is 6.36. The first kappa shape index (κ1) is 15.6. The fourth-order valence-electron chi connectivity index (χ4n) is 2.75. The second-order valence-corrected chi connectivity index (χ2v) is 5.67. The van der Waals surface area contributed by atoms with Gasteiger partial charge in [0.1, 0.15) is 0 Å². The smallest absolute Gasteiger partial charge is 0.251 e. The third-order valence-electron chi connectivity index (χ3n) is 4.17. The summed E-state index contributed by atoms with van der Waals surface area (Å²) < 4.78 is 10.5. The highest BCUT2D eigenvalue weighted by atomic mass is 16.7. The van der Waals surface area contributed by atoms with Crippen LogP contribution < -0.4 is 14.8 Å². The van der Waals surface area contributed by atoms with Gasteiger partial charge in [0.15, 0.2) is 11.5 Å². The topological polar surface area (TPSA) is 71.1 Å². The number of piperazine rings is 1. The minimum Gasteiger partial charge on any atom is -0.454 e. The Morgan fingerprint density at radius 3 is 2.61 bits per heavy atom. The molecule has 2 aliphatic heterocycles. The molecule has 7 nitrogen and oxygen atoms in total. The van der Waals surface area contributed by atoms with E-state index in [0.717, 1.165) is 32.7 Å². The molecule has 2 heterocycles. The fourth-order valence-corrected chi connectivity index (χ4v) is 2.75. The van der Waals surface area contributed by atoms with E-state index < -0.39 is 0 Å². The lowest BCUT2D eigenvalue weighted by Gasteiger charge is -2.34. The largest absolute Gasteiger partial charge is 0.454 e. The monoisotopic (exact) mass is 319 g/mol. The Balaban J connectivity index is 1.42. The van der Waals surface area contributed by atoms with Gasteiger partial charge in [-0.15, -0.1) is 0 Å². The summed E-state index contributed by atoms with van der Waals surface area (Å²) in [4.78, 5) is 27.5. The van der Waals surface area contributed by atoms with Crippen LogP contribution in [0.3, 0.4) is 0 Å². The summed E-state index contributed by atoms with van der Waals surface area (Å²) in [5, 5.41) is 2.91. The van der Waals surface area contributed by atoms with E-state index in [1.165, 1.54) is 0 Å². The van der Waals surface area contributed by atoms with Gasteiger partial charge in [-0.2, -0.15) is 0 Å². The Bertz CT molecular complexity index is 597. The van der Waals surface area contributed by atoms with E-state index in [1.807, 2.05) is 4.90 Å². The number of carbonyl (C=O) groups is 2. The molecule has 0 spiro atoms. The van der Waals surface area contributed by atoms with Gasteiger partial charge in [0.05, 0.1) is 0 Å². The van der Waals surface area contributed by atoms with Gasteiger partial charge in [0.25, 0.3) is 5.91 Å². The van der Waals surface area contributed by atoms with Crippen molar-refractivity contribution in [1.29, 1.82) is 0 Å². The minimum atomic E-state index is -0.120. The van der Waals surface area contributed by atoms with Crippen LogP contribution in [0.5, 0.6) is 11.5 Å². The summed E-state index contributed by atoms with van der Waals surface area (Å²) in [5.74, 6) is 1.29. The van der Waals surface area contributed by atoms with Crippen LogP contribution in [0.25, 0.3) is 0 Å². The quantitative estimate of drug-likeness (QED) is 0.865. The van der Waals surface area contributed by atoms with Crippen LogP contribution in [-0.4, -0.2) is 67.7 Å². The molecule has 0 atom stereocenters. The molecule has 7 heteroatoms. The molecular formula is C16H21N3O4. The molecule has 1 N–H and O–H groups in total. The molecule has 1 aromatic rings. The molecule has 0 aliphatic carbocycles. The number of hydrogen-bond donors (Lipinski definition) is 1. The summed E-state index contributed by atoms with van der Waals surface area (Å²) in [5.41, 5.74) is 0.565.